The standard InChI is InChI=1S/C16H24BrN/c1-3-12-6-4-5-7-13(12)16(18)14-10-11(2)8-9-15(14)17/h8-10,12-13,16H,3-7,18H2,1-2H3. The van der Waals surface area contributed by atoms with Crippen LogP contribution in [0.2, 0.25) is 0 Å². The summed E-state index contributed by atoms with van der Waals surface area (Å²) >= 11 is 3.66. The predicted molar refractivity (Wildman–Crippen MR) is 81.5 cm³/mol. The maximum Gasteiger partial charge on any atom is 0.0337 e. The molecule has 0 aliphatic heterocycles. The van der Waals surface area contributed by atoms with Gasteiger partial charge in [0.15, 0.2) is 0 Å². The van der Waals surface area contributed by atoms with Crippen molar-refractivity contribution < 1.29 is 0 Å². The molecule has 0 bridgehead atoms. The third-order valence-electron chi connectivity index (χ3n) is 4.46. The van der Waals surface area contributed by atoms with E-state index >= 15 is 0 Å². The number of aryl methyl sites for hydroxylation is 1. The van der Waals surface area contributed by atoms with Crippen molar-refractivity contribution in [3.8, 4) is 0 Å². The summed E-state index contributed by atoms with van der Waals surface area (Å²) in [6.45, 7) is 4.45. The van der Waals surface area contributed by atoms with Crippen molar-refractivity contribution in [1.82, 2.24) is 0 Å². The summed E-state index contributed by atoms with van der Waals surface area (Å²) in [7, 11) is 0. The Labute approximate surface area is 119 Å². The molecule has 3 unspecified atom stereocenters. The van der Waals surface area contributed by atoms with Crippen LogP contribution in [0.1, 0.15) is 56.2 Å². The van der Waals surface area contributed by atoms with Crippen LogP contribution in [0.15, 0.2) is 22.7 Å². The molecule has 0 radical (unpaired) electrons. The second-order valence-electron chi connectivity index (χ2n) is 5.67. The quantitative estimate of drug-likeness (QED) is 0.837. The SMILES string of the molecule is CCC1CCCCC1C(N)c1cc(C)ccc1Br. The van der Waals surface area contributed by atoms with Crippen LogP contribution in [0.5, 0.6) is 0 Å². The summed E-state index contributed by atoms with van der Waals surface area (Å²) in [5.41, 5.74) is 9.17. The number of hydrogen-bond acceptors (Lipinski definition) is 1. The van der Waals surface area contributed by atoms with Crippen molar-refractivity contribution in [2.24, 2.45) is 17.6 Å². The van der Waals surface area contributed by atoms with Gasteiger partial charge >= 0.3 is 0 Å². The minimum Gasteiger partial charge on any atom is -0.324 e. The van der Waals surface area contributed by atoms with Gasteiger partial charge in [-0.05, 0) is 36.8 Å². The van der Waals surface area contributed by atoms with Crippen LogP contribution >= 0.6 is 15.9 Å². The van der Waals surface area contributed by atoms with E-state index in [2.05, 4.69) is 48.0 Å². The first kappa shape index (κ1) is 14.1. The van der Waals surface area contributed by atoms with E-state index < -0.39 is 0 Å². The van der Waals surface area contributed by atoms with Crippen LogP contribution in [0.4, 0.5) is 0 Å². The van der Waals surface area contributed by atoms with E-state index in [0.717, 1.165) is 5.92 Å². The number of hydrogen-bond donors (Lipinski definition) is 1. The average Bonchev–Trinajstić information content (AvgIpc) is 2.40. The first-order valence-corrected chi connectivity index (χ1v) is 7.94. The monoisotopic (exact) mass is 309 g/mol. The molecule has 1 fully saturated rings. The maximum atomic E-state index is 6.58. The summed E-state index contributed by atoms with van der Waals surface area (Å²) in [5, 5.41) is 0. The molecule has 0 amide bonds. The second kappa shape index (κ2) is 6.21. The van der Waals surface area contributed by atoms with E-state index in [9.17, 15) is 0 Å². The van der Waals surface area contributed by atoms with Crippen molar-refractivity contribution in [2.75, 3.05) is 0 Å². The Morgan fingerprint density at radius 3 is 2.78 bits per heavy atom. The van der Waals surface area contributed by atoms with Gasteiger partial charge in [-0.1, -0.05) is 66.2 Å². The van der Waals surface area contributed by atoms with Gasteiger partial charge in [0.05, 0.1) is 0 Å². The summed E-state index contributed by atoms with van der Waals surface area (Å²) in [6.07, 6.45) is 6.65. The van der Waals surface area contributed by atoms with Crippen molar-refractivity contribution in [3.63, 3.8) is 0 Å². The minimum absolute atomic E-state index is 0.185. The van der Waals surface area contributed by atoms with E-state index in [4.69, 9.17) is 5.73 Å². The minimum atomic E-state index is 0.185. The van der Waals surface area contributed by atoms with Gasteiger partial charge in [0.2, 0.25) is 0 Å². The lowest BCUT2D eigenvalue weighted by Gasteiger charge is -2.35. The van der Waals surface area contributed by atoms with E-state index in [0.29, 0.717) is 5.92 Å². The van der Waals surface area contributed by atoms with E-state index in [1.165, 1.54) is 47.7 Å². The van der Waals surface area contributed by atoms with Crippen LogP contribution < -0.4 is 5.73 Å². The maximum absolute atomic E-state index is 6.58. The molecule has 0 aromatic heterocycles. The third kappa shape index (κ3) is 2.97. The summed E-state index contributed by atoms with van der Waals surface area (Å²) in [5.74, 6) is 1.46. The summed E-state index contributed by atoms with van der Waals surface area (Å²) < 4.78 is 1.17. The molecule has 1 aromatic carbocycles. The van der Waals surface area contributed by atoms with E-state index in [-0.39, 0.29) is 6.04 Å². The highest BCUT2D eigenvalue weighted by atomic mass is 79.9. The lowest BCUT2D eigenvalue weighted by molar-refractivity contribution is 0.196. The fourth-order valence-corrected chi connectivity index (χ4v) is 3.88. The van der Waals surface area contributed by atoms with Gasteiger partial charge in [-0.3, -0.25) is 0 Å². The average molecular weight is 310 g/mol. The van der Waals surface area contributed by atoms with Gasteiger partial charge < -0.3 is 5.73 Å². The molecule has 1 aliphatic rings. The van der Waals surface area contributed by atoms with E-state index in [1.807, 2.05) is 0 Å². The molecule has 1 aromatic rings. The molecule has 1 saturated carbocycles. The fourth-order valence-electron chi connectivity index (χ4n) is 3.37. The number of halogens is 1. The van der Waals surface area contributed by atoms with Gasteiger partial charge in [-0.2, -0.15) is 0 Å². The normalized spacial score (nSPS) is 26.0. The van der Waals surface area contributed by atoms with Crippen LogP contribution in [0.25, 0.3) is 0 Å². The topological polar surface area (TPSA) is 26.0 Å². The Balaban J connectivity index is 2.23. The Kier molecular flexibility index (Phi) is 4.85. The summed E-state index contributed by atoms with van der Waals surface area (Å²) in [6, 6.07) is 6.70. The van der Waals surface area contributed by atoms with Crippen molar-refractivity contribution >= 4 is 15.9 Å². The molecule has 2 N–H and O–H groups in total. The highest BCUT2D eigenvalue weighted by Gasteiger charge is 2.30. The molecular weight excluding hydrogens is 286 g/mol. The Morgan fingerprint density at radius 2 is 2.06 bits per heavy atom. The Morgan fingerprint density at radius 1 is 1.33 bits per heavy atom. The molecule has 2 rings (SSSR count). The molecule has 0 saturated heterocycles. The van der Waals surface area contributed by atoms with Crippen LogP contribution in [0, 0.1) is 18.8 Å². The number of nitrogens with two attached hydrogens (primary N) is 1. The zero-order valence-electron chi connectivity index (χ0n) is 11.5. The largest absolute Gasteiger partial charge is 0.324 e. The fraction of sp³-hybridized carbons (Fsp3) is 0.625. The molecule has 100 valence electrons. The van der Waals surface area contributed by atoms with Crippen molar-refractivity contribution in [1.29, 1.82) is 0 Å². The zero-order valence-corrected chi connectivity index (χ0v) is 13.0. The summed E-state index contributed by atoms with van der Waals surface area (Å²) in [4.78, 5) is 0. The molecule has 1 nitrogen and oxygen atoms in total. The molecule has 3 atom stereocenters. The van der Waals surface area contributed by atoms with Crippen molar-refractivity contribution in [2.45, 2.75) is 52.0 Å². The lowest BCUT2D eigenvalue weighted by Crippen LogP contribution is -2.30. The van der Waals surface area contributed by atoms with Crippen molar-refractivity contribution in [3.05, 3.63) is 33.8 Å². The third-order valence-corrected chi connectivity index (χ3v) is 5.19. The number of rotatable bonds is 3. The zero-order chi connectivity index (χ0) is 13.1. The molecule has 18 heavy (non-hydrogen) atoms. The Hall–Kier alpha value is -0.340. The molecule has 1 aliphatic carbocycles. The lowest BCUT2D eigenvalue weighted by atomic mass is 9.72. The van der Waals surface area contributed by atoms with Gasteiger partial charge in [-0.15, -0.1) is 0 Å². The predicted octanol–water partition coefficient (Wildman–Crippen LogP) is 4.97. The molecular formula is C16H24BrN. The molecule has 0 spiro atoms. The Bertz CT molecular complexity index is 402. The van der Waals surface area contributed by atoms with Crippen LogP contribution in [-0.4, -0.2) is 0 Å². The highest BCUT2D eigenvalue weighted by Crippen LogP contribution is 2.40. The van der Waals surface area contributed by atoms with Crippen LogP contribution in [-0.2, 0) is 0 Å². The van der Waals surface area contributed by atoms with Gasteiger partial charge in [0, 0.05) is 10.5 Å². The van der Waals surface area contributed by atoms with Crippen LogP contribution in [0.3, 0.4) is 0 Å². The first-order valence-electron chi connectivity index (χ1n) is 7.15. The van der Waals surface area contributed by atoms with Gasteiger partial charge in [-0.25, -0.2) is 0 Å². The second-order valence-corrected chi connectivity index (χ2v) is 6.52. The smallest absolute Gasteiger partial charge is 0.0337 e. The number of benzene rings is 1. The van der Waals surface area contributed by atoms with E-state index in [1.54, 1.807) is 0 Å². The van der Waals surface area contributed by atoms with Gasteiger partial charge in [0.25, 0.3) is 0 Å². The molecule has 2 heteroatoms. The first-order chi connectivity index (χ1) is 8.63. The highest BCUT2D eigenvalue weighted by molar-refractivity contribution is 9.10. The van der Waals surface area contributed by atoms with Gasteiger partial charge in [0.1, 0.15) is 0 Å². The molecule has 0 heterocycles.